The number of benzene rings is 1. The van der Waals surface area contributed by atoms with Crippen molar-refractivity contribution in [1.82, 2.24) is 0 Å². The molecule has 1 aromatic carbocycles. The van der Waals surface area contributed by atoms with Crippen LogP contribution >= 0.6 is 11.8 Å². The van der Waals surface area contributed by atoms with Crippen LogP contribution in [0.25, 0.3) is 0 Å². The van der Waals surface area contributed by atoms with Gasteiger partial charge in [0.25, 0.3) is 0 Å². The monoisotopic (exact) mass is 310 g/mol. The lowest BCUT2D eigenvalue weighted by Crippen LogP contribution is -2.12. The Labute approximate surface area is 111 Å². The molecule has 18 heavy (non-hydrogen) atoms. The zero-order valence-electron chi connectivity index (χ0n) is 9.66. The summed E-state index contributed by atoms with van der Waals surface area (Å²) in [4.78, 5) is 0.493. The molecule has 0 spiro atoms. The quantitative estimate of drug-likeness (QED) is 0.586. The van der Waals surface area contributed by atoms with Gasteiger partial charge in [-0.3, -0.25) is 0 Å². The summed E-state index contributed by atoms with van der Waals surface area (Å²) in [5, 5.41) is 5.00. The summed E-state index contributed by atoms with van der Waals surface area (Å²) in [6.45, 7) is 0. The normalized spacial score (nSPS) is 12.6. The fourth-order valence-electron chi connectivity index (χ4n) is 1.15. The second kappa shape index (κ2) is 5.47. The van der Waals surface area contributed by atoms with Crippen LogP contribution in [0.2, 0.25) is 0 Å². The fourth-order valence-corrected chi connectivity index (χ4v) is 4.03. The van der Waals surface area contributed by atoms with Crippen molar-refractivity contribution in [1.29, 1.82) is 0 Å². The molecule has 0 aliphatic heterocycles. The maximum atomic E-state index is 11.2. The van der Waals surface area contributed by atoms with Crippen molar-refractivity contribution in [3.63, 3.8) is 0 Å². The Hall–Kier alpha value is -0.770. The average Bonchev–Trinajstić information content (AvgIpc) is 2.13. The van der Waals surface area contributed by atoms with Crippen molar-refractivity contribution < 1.29 is 16.8 Å². The molecule has 0 radical (unpaired) electrons. The highest BCUT2D eigenvalue weighted by atomic mass is 32.2. The third-order valence-electron chi connectivity index (χ3n) is 1.95. The van der Waals surface area contributed by atoms with Crippen LogP contribution in [-0.4, -0.2) is 34.6 Å². The summed E-state index contributed by atoms with van der Waals surface area (Å²) in [7, 11) is -6.85. The Bertz CT molecular complexity index is 638. The van der Waals surface area contributed by atoms with Crippen LogP contribution < -0.4 is 10.9 Å². The number of sulfonamides is 1. The summed E-state index contributed by atoms with van der Waals surface area (Å²) in [6.07, 6.45) is 1.14. The summed E-state index contributed by atoms with van der Waals surface area (Å²) < 4.78 is 44.3. The first-order chi connectivity index (χ1) is 8.08. The molecule has 6 nitrogen and oxygen atoms in total. The summed E-state index contributed by atoms with van der Waals surface area (Å²) in [5.41, 5.74) is 5.83. The molecule has 0 unspecified atom stereocenters. The van der Waals surface area contributed by atoms with Crippen LogP contribution in [0, 0.1) is 0 Å². The van der Waals surface area contributed by atoms with Gasteiger partial charge in [0.05, 0.1) is 10.6 Å². The van der Waals surface area contributed by atoms with E-state index in [1.807, 2.05) is 0 Å². The Morgan fingerprint density at radius 1 is 1.17 bits per heavy atom. The molecule has 1 rings (SSSR count). The van der Waals surface area contributed by atoms with Crippen LogP contribution in [0.1, 0.15) is 0 Å². The van der Waals surface area contributed by atoms with Crippen molar-refractivity contribution in [2.45, 2.75) is 9.79 Å². The number of primary sulfonamides is 1. The van der Waals surface area contributed by atoms with E-state index in [0.29, 0.717) is 10.6 Å². The van der Waals surface area contributed by atoms with Crippen molar-refractivity contribution in [3.8, 4) is 0 Å². The molecule has 0 saturated carbocycles. The van der Waals surface area contributed by atoms with Gasteiger partial charge in [0.2, 0.25) is 10.0 Å². The minimum atomic E-state index is -3.81. The lowest BCUT2D eigenvalue weighted by Gasteiger charge is -2.05. The largest absolute Gasteiger partial charge is 0.399 e. The van der Waals surface area contributed by atoms with E-state index in [2.05, 4.69) is 0 Å². The highest BCUT2D eigenvalue weighted by Gasteiger charge is 2.11. The maximum absolute atomic E-state index is 11.2. The van der Waals surface area contributed by atoms with Crippen LogP contribution in [0.5, 0.6) is 0 Å². The second-order valence-electron chi connectivity index (χ2n) is 3.76. The zero-order valence-corrected chi connectivity index (χ0v) is 12.1. The van der Waals surface area contributed by atoms with Gasteiger partial charge in [-0.25, -0.2) is 22.0 Å². The molecule has 1 aromatic rings. The first kappa shape index (κ1) is 15.3. The van der Waals surface area contributed by atoms with E-state index in [1.165, 1.54) is 23.9 Å². The predicted molar refractivity (Wildman–Crippen MR) is 72.7 cm³/mol. The molecule has 0 fully saturated rings. The number of nitrogens with two attached hydrogens (primary N) is 2. The molecule has 102 valence electrons. The maximum Gasteiger partial charge on any atom is 0.238 e. The first-order valence-corrected chi connectivity index (χ1v) is 9.41. The van der Waals surface area contributed by atoms with Crippen molar-refractivity contribution in [2.24, 2.45) is 5.14 Å². The van der Waals surface area contributed by atoms with Gasteiger partial charge in [0, 0.05) is 22.6 Å². The smallest absolute Gasteiger partial charge is 0.238 e. The zero-order chi connectivity index (χ0) is 14.0. The molecule has 0 aliphatic rings. The Kier molecular flexibility index (Phi) is 4.65. The lowest BCUT2D eigenvalue weighted by molar-refractivity contribution is 0.597. The van der Waals surface area contributed by atoms with E-state index in [1.54, 1.807) is 6.07 Å². The number of rotatable bonds is 5. The predicted octanol–water partition coefficient (Wildman–Crippen LogP) is 0.0529. The van der Waals surface area contributed by atoms with Gasteiger partial charge in [-0.2, -0.15) is 0 Å². The summed E-state index contributed by atoms with van der Waals surface area (Å²) in [6, 6.07) is 4.20. The van der Waals surface area contributed by atoms with Crippen LogP contribution in [0.4, 0.5) is 5.69 Å². The number of hydrogen-bond donors (Lipinski definition) is 2. The van der Waals surface area contributed by atoms with Crippen LogP contribution in [0.3, 0.4) is 0 Å². The van der Waals surface area contributed by atoms with Crippen LogP contribution in [-0.2, 0) is 19.9 Å². The standard InChI is InChI=1S/C9H14N2O4S3/c1-17(12,13)3-2-16-8-4-7(10)5-9(6-8)18(11,14)15/h4-6H,2-3,10H2,1H3,(H2,11,14,15). The summed E-state index contributed by atoms with van der Waals surface area (Å²) >= 11 is 1.21. The number of hydrogen-bond acceptors (Lipinski definition) is 6. The first-order valence-electron chi connectivity index (χ1n) is 4.82. The van der Waals surface area contributed by atoms with Crippen molar-refractivity contribution >= 4 is 37.3 Å². The van der Waals surface area contributed by atoms with E-state index in [-0.39, 0.29) is 16.3 Å². The molecule has 9 heteroatoms. The molecule has 0 aromatic heterocycles. The highest BCUT2D eigenvalue weighted by molar-refractivity contribution is 8.00. The molecule has 4 N–H and O–H groups in total. The second-order valence-corrected chi connectivity index (χ2v) is 8.75. The van der Waals surface area contributed by atoms with Gasteiger partial charge >= 0.3 is 0 Å². The number of thioether (sulfide) groups is 1. The van der Waals surface area contributed by atoms with E-state index in [4.69, 9.17) is 10.9 Å². The van der Waals surface area contributed by atoms with E-state index >= 15 is 0 Å². The van der Waals surface area contributed by atoms with Crippen molar-refractivity contribution in [3.05, 3.63) is 18.2 Å². The highest BCUT2D eigenvalue weighted by Crippen LogP contribution is 2.24. The van der Waals surface area contributed by atoms with E-state index in [9.17, 15) is 16.8 Å². The Morgan fingerprint density at radius 2 is 1.78 bits per heavy atom. The van der Waals surface area contributed by atoms with Gasteiger partial charge in [-0.15, -0.1) is 11.8 Å². The Morgan fingerprint density at radius 3 is 2.28 bits per heavy atom. The number of anilines is 1. The SMILES string of the molecule is CS(=O)(=O)CCSc1cc(N)cc(S(N)(=O)=O)c1. The van der Waals surface area contributed by atoms with Gasteiger partial charge in [-0.05, 0) is 18.2 Å². The molecule has 0 saturated heterocycles. The summed E-state index contributed by atoms with van der Waals surface area (Å²) in [5.74, 6) is 0.337. The van der Waals surface area contributed by atoms with E-state index in [0.717, 1.165) is 6.26 Å². The minimum absolute atomic E-state index is 0.0111. The molecule has 0 atom stereocenters. The Balaban J connectivity index is 2.88. The fraction of sp³-hybridized carbons (Fsp3) is 0.333. The topological polar surface area (TPSA) is 120 Å². The van der Waals surface area contributed by atoms with E-state index < -0.39 is 19.9 Å². The average molecular weight is 310 g/mol. The molecule has 0 bridgehead atoms. The number of sulfone groups is 1. The molecule has 0 heterocycles. The van der Waals surface area contributed by atoms with Gasteiger partial charge in [0.1, 0.15) is 9.84 Å². The third-order valence-corrected chi connectivity index (χ3v) is 5.03. The van der Waals surface area contributed by atoms with Crippen molar-refractivity contribution in [2.75, 3.05) is 23.5 Å². The molecular weight excluding hydrogens is 296 g/mol. The van der Waals surface area contributed by atoms with Gasteiger partial charge < -0.3 is 5.73 Å². The third kappa shape index (κ3) is 5.25. The van der Waals surface area contributed by atoms with Gasteiger partial charge in [-0.1, -0.05) is 0 Å². The van der Waals surface area contributed by atoms with Crippen LogP contribution in [0.15, 0.2) is 28.0 Å². The molecule has 0 aliphatic carbocycles. The molecule has 0 amide bonds. The lowest BCUT2D eigenvalue weighted by atomic mass is 10.3. The number of nitrogen functional groups attached to an aromatic ring is 1. The minimum Gasteiger partial charge on any atom is -0.399 e. The molecular formula is C9H14N2O4S3. The van der Waals surface area contributed by atoms with Gasteiger partial charge in [0.15, 0.2) is 0 Å².